The molecule has 2 N–H and O–H groups in total. The van der Waals surface area contributed by atoms with Crippen molar-refractivity contribution in [1.82, 2.24) is 4.98 Å². The molecule has 0 unspecified atom stereocenters. The highest BCUT2D eigenvalue weighted by molar-refractivity contribution is 5.93. The van der Waals surface area contributed by atoms with E-state index < -0.39 is 22.1 Å². The van der Waals surface area contributed by atoms with Crippen molar-refractivity contribution in [2.75, 3.05) is 18.1 Å². The molecule has 0 bridgehead atoms. The van der Waals surface area contributed by atoms with Gasteiger partial charge in [0.05, 0.1) is 11.5 Å². The normalized spacial score (nSPS) is 14.2. The van der Waals surface area contributed by atoms with Crippen LogP contribution in [0.25, 0.3) is 0 Å². The van der Waals surface area contributed by atoms with E-state index in [0.29, 0.717) is 12.4 Å². The Morgan fingerprint density at radius 2 is 2.26 bits per heavy atom. The van der Waals surface area contributed by atoms with Crippen LogP contribution in [-0.2, 0) is 0 Å². The summed E-state index contributed by atoms with van der Waals surface area (Å²) in [6.45, 7) is 0.242. The van der Waals surface area contributed by atoms with Crippen molar-refractivity contribution in [2.24, 2.45) is 0 Å². The number of anilines is 1. The van der Waals surface area contributed by atoms with Gasteiger partial charge in [-0.25, -0.2) is 9.78 Å². The van der Waals surface area contributed by atoms with Gasteiger partial charge in [0.15, 0.2) is 0 Å². The van der Waals surface area contributed by atoms with E-state index in [1.165, 1.54) is 6.07 Å². The molecule has 2 rings (SSSR count). The van der Waals surface area contributed by atoms with Gasteiger partial charge in [0.1, 0.15) is 17.6 Å². The minimum absolute atomic E-state index is 0.0857. The van der Waals surface area contributed by atoms with Gasteiger partial charge in [-0.2, -0.15) is 0 Å². The van der Waals surface area contributed by atoms with Crippen molar-refractivity contribution in [3.05, 3.63) is 27.9 Å². The van der Waals surface area contributed by atoms with E-state index in [4.69, 9.17) is 10.2 Å². The number of carboxylic acid groups (broad SMARTS) is 1. The first-order valence-electron chi connectivity index (χ1n) is 5.80. The molecular formula is C11H13N3O5. The molecule has 0 spiro atoms. The van der Waals surface area contributed by atoms with Crippen molar-refractivity contribution in [1.29, 1.82) is 0 Å². The van der Waals surface area contributed by atoms with E-state index in [2.05, 4.69) is 4.98 Å². The average Bonchev–Trinajstić information content (AvgIpc) is 3.19. The first-order valence-corrected chi connectivity index (χ1v) is 5.80. The lowest BCUT2D eigenvalue weighted by Crippen LogP contribution is -2.30. The molecule has 19 heavy (non-hydrogen) atoms. The fourth-order valence-electron chi connectivity index (χ4n) is 1.89. The topological polar surface area (TPSA) is 117 Å². The highest BCUT2D eigenvalue weighted by atomic mass is 16.6. The van der Waals surface area contributed by atoms with E-state index in [1.54, 1.807) is 4.90 Å². The Morgan fingerprint density at radius 3 is 2.74 bits per heavy atom. The van der Waals surface area contributed by atoms with Crippen LogP contribution in [0.3, 0.4) is 0 Å². The zero-order valence-corrected chi connectivity index (χ0v) is 10.0. The van der Waals surface area contributed by atoms with Crippen molar-refractivity contribution >= 4 is 17.5 Å². The lowest BCUT2D eigenvalue weighted by Gasteiger charge is -2.22. The van der Waals surface area contributed by atoms with Gasteiger partial charge in [-0.3, -0.25) is 10.1 Å². The average molecular weight is 267 g/mol. The van der Waals surface area contributed by atoms with Crippen LogP contribution in [0, 0.1) is 10.1 Å². The number of carboxylic acids is 1. The van der Waals surface area contributed by atoms with Crippen LogP contribution in [-0.4, -0.2) is 45.3 Å². The van der Waals surface area contributed by atoms with Gasteiger partial charge in [-0.05, 0) is 12.8 Å². The number of carbonyl (C=O) groups is 1. The molecule has 0 radical (unpaired) electrons. The summed E-state index contributed by atoms with van der Waals surface area (Å²) < 4.78 is 0. The number of hydrogen-bond donors (Lipinski definition) is 2. The number of rotatable bonds is 6. The summed E-state index contributed by atoms with van der Waals surface area (Å²) in [5, 5.41) is 28.7. The Morgan fingerprint density at radius 1 is 1.58 bits per heavy atom. The zero-order valence-electron chi connectivity index (χ0n) is 10.0. The molecule has 0 atom stereocenters. The first-order chi connectivity index (χ1) is 9.04. The van der Waals surface area contributed by atoms with Gasteiger partial charge in [0, 0.05) is 18.7 Å². The number of hydrogen-bond acceptors (Lipinski definition) is 6. The van der Waals surface area contributed by atoms with E-state index in [0.717, 1.165) is 19.0 Å². The first kappa shape index (κ1) is 13.2. The third-order valence-electron chi connectivity index (χ3n) is 2.92. The van der Waals surface area contributed by atoms with E-state index >= 15 is 0 Å². The van der Waals surface area contributed by atoms with Gasteiger partial charge in [0.2, 0.25) is 0 Å². The lowest BCUT2D eigenvalue weighted by molar-refractivity contribution is -0.385. The number of pyridine rings is 1. The van der Waals surface area contributed by atoms with E-state index in [-0.39, 0.29) is 12.6 Å². The molecule has 0 saturated heterocycles. The second kappa shape index (κ2) is 5.19. The lowest BCUT2D eigenvalue weighted by atomic mass is 10.2. The Bertz CT molecular complexity index is 515. The molecule has 102 valence electrons. The summed E-state index contributed by atoms with van der Waals surface area (Å²) in [5.74, 6) is -1.02. The van der Waals surface area contributed by atoms with Crippen LogP contribution in [0.4, 0.5) is 11.5 Å². The fraction of sp³-hybridized carbons (Fsp3) is 0.455. The monoisotopic (exact) mass is 267 g/mol. The molecule has 0 amide bonds. The standard InChI is InChI=1S/C11H13N3O5/c15-4-3-13(7-1-2-7)10-5-8(11(16)17)9(6-12-10)14(18)19/h5-7,15H,1-4H2,(H,16,17). The van der Waals surface area contributed by atoms with Crippen LogP contribution in [0.1, 0.15) is 23.2 Å². The third kappa shape index (κ3) is 2.79. The maximum Gasteiger partial charge on any atom is 0.342 e. The largest absolute Gasteiger partial charge is 0.477 e. The molecule has 1 aliphatic rings. The fourth-order valence-corrected chi connectivity index (χ4v) is 1.89. The molecule has 1 saturated carbocycles. The highest BCUT2D eigenvalue weighted by Crippen LogP contribution is 2.32. The second-order valence-electron chi connectivity index (χ2n) is 4.27. The summed E-state index contributed by atoms with van der Waals surface area (Å²) >= 11 is 0. The van der Waals surface area contributed by atoms with Crippen molar-refractivity contribution in [3.8, 4) is 0 Å². The van der Waals surface area contributed by atoms with Gasteiger partial charge < -0.3 is 15.1 Å². The number of aliphatic hydroxyl groups excluding tert-OH is 1. The van der Waals surface area contributed by atoms with Gasteiger partial charge in [-0.15, -0.1) is 0 Å². The number of aromatic carboxylic acids is 1. The molecule has 0 aliphatic heterocycles. The number of nitro groups is 1. The number of aromatic nitrogens is 1. The van der Waals surface area contributed by atoms with Crippen molar-refractivity contribution in [2.45, 2.75) is 18.9 Å². The Balaban J connectivity index is 2.38. The molecule has 1 heterocycles. The quantitative estimate of drug-likeness (QED) is 0.574. The SMILES string of the molecule is O=C(O)c1cc(N(CCO)C2CC2)ncc1[N+](=O)[O-]. The Kier molecular flexibility index (Phi) is 3.61. The van der Waals surface area contributed by atoms with Gasteiger partial charge >= 0.3 is 11.7 Å². The van der Waals surface area contributed by atoms with Gasteiger partial charge in [0.25, 0.3) is 0 Å². The summed E-state index contributed by atoms with van der Waals surface area (Å²) in [5.41, 5.74) is -0.922. The third-order valence-corrected chi connectivity index (χ3v) is 2.92. The number of aliphatic hydroxyl groups is 1. The Labute approximate surface area is 108 Å². The Hall–Kier alpha value is -2.22. The molecular weight excluding hydrogens is 254 g/mol. The molecule has 1 aromatic heterocycles. The predicted octanol–water partition coefficient (Wildman–Crippen LogP) is 0.649. The molecule has 0 aromatic carbocycles. The van der Waals surface area contributed by atoms with Gasteiger partial charge in [-0.1, -0.05) is 0 Å². The maximum atomic E-state index is 11.0. The van der Waals surface area contributed by atoms with Crippen LogP contribution < -0.4 is 4.90 Å². The summed E-state index contributed by atoms with van der Waals surface area (Å²) in [4.78, 5) is 26.7. The molecule has 1 aromatic rings. The predicted molar refractivity (Wildman–Crippen MR) is 65.3 cm³/mol. The zero-order chi connectivity index (χ0) is 14.0. The van der Waals surface area contributed by atoms with Crippen LogP contribution in [0.2, 0.25) is 0 Å². The summed E-state index contributed by atoms with van der Waals surface area (Å²) in [6.07, 6.45) is 2.84. The van der Waals surface area contributed by atoms with Crippen LogP contribution in [0.15, 0.2) is 12.3 Å². The molecule has 1 fully saturated rings. The maximum absolute atomic E-state index is 11.0. The van der Waals surface area contributed by atoms with E-state index in [9.17, 15) is 14.9 Å². The molecule has 1 aliphatic carbocycles. The highest BCUT2D eigenvalue weighted by Gasteiger charge is 2.31. The number of nitrogens with zero attached hydrogens (tertiary/aromatic N) is 3. The smallest absolute Gasteiger partial charge is 0.342 e. The molecule has 8 heteroatoms. The van der Waals surface area contributed by atoms with Crippen molar-refractivity contribution in [3.63, 3.8) is 0 Å². The van der Waals surface area contributed by atoms with Crippen LogP contribution in [0.5, 0.6) is 0 Å². The summed E-state index contributed by atoms with van der Waals surface area (Å²) in [6, 6.07) is 1.41. The van der Waals surface area contributed by atoms with Crippen LogP contribution >= 0.6 is 0 Å². The second-order valence-corrected chi connectivity index (χ2v) is 4.27. The minimum atomic E-state index is -1.37. The summed E-state index contributed by atoms with van der Waals surface area (Å²) in [7, 11) is 0. The molecule has 8 nitrogen and oxygen atoms in total. The van der Waals surface area contributed by atoms with Crippen molar-refractivity contribution < 1.29 is 19.9 Å². The minimum Gasteiger partial charge on any atom is -0.477 e. The van der Waals surface area contributed by atoms with E-state index in [1.807, 2.05) is 0 Å².